The Hall–Kier alpha value is -2.17. The second kappa shape index (κ2) is 11.6. The zero-order valence-electron chi connectivity index (χ0n) is 20.1. The van der Waals surface area contributed by atoms with Gasteiger partial charge in [0.1, 0.15) is 0 Å². The van der Waals surface area contributed by atoms with Crippen molar-refractivity contribution in [1.29, 1.82) is 0 Å². The van der Waals surface area contributed by atoms with Crippen LogP contribution in [0.3, 0.4) is 0 Å². The summed E-state index contributed by atoms with van der Waals surface area (Å²) in [5, 5.41) is 3.11. The van der Waals surface area contributed by atoms with Gasteiger partial charge < -0.3 is 10.2 Å². The second-order valence-electron chi connectivity index (χ2n) is 9.94. The maximum absolute atomic E-state index is 13.2. The van der Waals surface area contributed by atoms with Crippen LogP contribution in [-0.4, -0.2) is 41.6 Å². The highest BCUT2D eigenvalue weighted by Crippen LogP contribution is 2.30. The SMILES string of the molecule is CCCC(=O)N1CCC(c2cccc(C(=O)N[C@@H](C(=O)C(C)C)C3CCCCC3)c2)CC1.[HH]. The molecule has 0 bridgehead atoms. The summed E-state index contributed by atoms with van der Waals surface area (Å²) < 4.78 is 0. The van der Waals surface area contributed by atoms with E-state index in [1.807, 2.05) is 43.9 Å². The summed E-state index contributed by atoms with van der Waals surface area (Å²) in [6.45, 7) is 7.44. The van der Waals surface area contributed by atoms with Gasteiger partial charge >= 0.3 is 0 Å². The second-order valence-corrected chi connectivity index (χ2v) is 9.94. The van der Waals surface area contributed by atoms with Crippen molar-refractivity contribution in [1.82, 2.24) is 10.2 Å². The lowest BCUT2D eigenvalue weighted by atomic mass is 9.80. The molecule has 0 radical (unpaired) electrons. The molecule has 0 unspecified atom stereocenters. The van der Waals surface area contributed by atoms with E-state index in [1.165, 1.54) is 6.42 Å². The van der Waals surface area contributed by atoms with Crippen molar-refractivity contribution in [2.24, 2.45) is 11.8 Å². The first-order chi connectivity index (χ1) is 15.4. The van der Waals surface area contributed by atoms with Crippen LogP contribution in [0.25, 0.3) is 0 Å². The van der Waals surface area contributed by atoms with E-state index in [1.54, 1.807) is 0 Å². The zero-order chi connectivity index (χ0) is 23.1. The van der Waals surface area contributed by atoms with Crippen molar-refractivity contribution in [2.75, 3.05) is 13.1 Å². The summed E-state index contributed by atoms with van der Waals surface area (Å²) in [6.07, 6.45) is 8.88. The van der Waals surface area contributed by atoms with Crippen molar-refractivity contribution in [2.45, 2.75) is 90.5 Å². The number of ketones is 1. The molecule has 5 nitrogen and oxygen atoms in total. The Morgan fingerprint density at radius 1 is 1.06 bits per heavy atom. The number of piperidine rings is 1. The number of carbonyl (C=O) groups excluding carboxylic acids is 3. The highest BCUT2D eigenvalue weighted by atomic mass is 16.2. The fourth-order valence-electron chi connectivity index (χ4n) is 5.24. The highest BCUT2D eigenvalue weighted by Gasteiger charge is 2.32. The maximum Gasteiger partial charge on any atom is 0.251 e. The van der Waals surface area contributed by atoms with E-state index in [0.29, 0.717) is 17.9 Å². The van der Waals surface area contributed by atoms with Gasteiger partial charge in [0.2, 0.25) is 5.91 Å². The van der Waals surface area contributed by atoms with Crippen LogP contribution >= 0.6 is 0 Å². The molecule has 1 aromatic rings. The van der Waals surface area contributed by atoms with Crippen LogP contribution in [-0.2, 0) is 9.59 Å². The molecule has 178 valence electrons. The normalized spacial score (nSPS) is 19.1. The minimum atomic E-state index is -0.390. The van der Waals surface area contributed by atoms with E-state index in [-0.39, 0.29) is 36.9 Å². The zero-order valence-corrected chi connectivity index (χ0v) is 20.1. The smallest absolute Gasteiger partial charge is 0.251 e. The molecule has 0 spiro atoms. The number of rotatable bonds is 8. The number of nitrogens with zero attached hydrogens (tertiary/aromatic N) is 1. The van der Waals surface area contributed by atoms with Gasteiger partial charge in [-0.3, -0.25) is 14.4 Å². The van der Waals surface area contributed by atoms with E-state index in [9.17, 15) is 14.4 Å². The predicted octanol–water partition coefficient (Wildman–Crippen LogP) is 5.34. The van der Waals surface area contributed by atoms with E-state index < -0.39 is 0 Å². The van der Waals surface area contributed by atoms with Crippen molar-refractivity contribution < 1.29 is 15.8 Å². The molecular formula is C27H42N2O3. The van der Waals surface area contributed by atoms with Gasteiger partial charge in [-0.15, -0.1) is 0 Å². The predicted molar refractivity (Wildman–Crippen MR) is 130 cm³/mol. The monoisotopic (exact) mass is 442 g/mol. The van der Waals surface area contributed by atoms with Crippen LogP contribution in [0, 0.1) is 11.8 Å². The number of hydrogen-bond donors (Lipinski definition) is 1. The van der Waals surface area contributed by atoms with Crippen LogP contribution in [0.4, 0.5) is 0 Å². The van der Waals surface area contributed by atoms with Crippen LogP contribution in [0.15, 0.2) is 24.3 Å². The number of benzene rings is 1. The number of hydrogen-bond acceptors (Lipinski definition) is 3. The van der Waals surface area contributed by atoms with Crippen LogP contribution < -0.4 is 5.32 Å². The Balaban J connectivity index is 0.00000385. The molecule has 1 saturated carbocycles. The third kappa shape index (κ3) is 6.20. The van der Waals surface area contributed by atoms with Crippen LogP contribution in [0.5, 0.6) is 0 Å². The first-order valence-corrected chi connectivity index (χ1v) is 12.6. The molecule has 3 rings (SSSR count). The van der Waals surface area contributed by atoms with E-state index in [2.05, 4.69) is 11.4 Å². The van der Waals surface area contributed by atoms with Crippen LogP contribution in [0.1, 0.15) is 102 Å². The van der Waals surface area contributed by atoms with Crippen LogP contribution in [0.2, 0.25) is 0 Å². The van der Waals surface area contributed by atoms with E-state index >= 15 is 0 Å². The Kier molecular flexibility index (Phi) is 8.89. The maximum atomic E-state index is 13.2. The summed E-state index contributed by atoms with van der Waals surface area (Å²) in [6, 6.07) is 7.47. The first kappa shape index (κ1) is 24.5. The molecule has 0 aromatic heterocycles. The summed E-state index contributed by atoms with van der Waals surface area (Å²) in [7, 11) is 0. The topological polar surface area (TPSA) is 66.5 Å². The van der Waals surface area contributed by atoms with E-state index in [4.69, 9.17) is 0 Å². The third-order valence-corrected chi connectivity index (χ3v) is 7.22. The average molecular weight is 443 g/mol. The minimum Gasteiger partial charge on any atom is -0.343 e. The molecule has 2 amide bonds. The van der Waals surface area contributed by atoms with Gasteiger partial charge in [0.15, 0.2) is 5.78 Å². The van der Waals surface area contributed by atoms with Gasteiger partial charge in [-0.05, 0) is 61.6 Å². The molecule has 2 fully saturated rings. The third-order valence-electron chi connectivity index (χ3n) is 7.22. The number of likely N-dealkylation sites (tertiary alicyclic amines) is 1. The quantitative estimate of drug-likeness (QED) is 0.591. The molecular weight excluding hydrogens is 400 g/mol. The molecule has 1 atom stereocenters. The summed E-state index contributed by atoms with van der Waals surface area (Å²) in [5.41, 5.74) is 1.79. The number of carbonyl (C=O) groups is 3. The van der Waals surface area contributed by atoms with Gasteiger partial charge in [-0.1, -0.05) is 52.2 Å². The molecule has 1 heterocycles. The van der Waals surface area contributed by atoms with Gasteiger partial charge in [-0.25, -0.2) is 0 Å². The summed E-state index contributed by atoms with van der Waals surface area (Å²) in [5.74, 6) is 0.768. The molecule has 5 heteroatoms. The Labute approximate surface area is 194 Å². The largest absolute Gasteiger partial charge is 0.343 e. The van der Waals surface area contributed by atoms with Crippen molar-refractivity contribution >= 4 is 17.6 Å². The summed E-state index contributed by atoms with van der Waals surface area (Å²) >= 11 is 0. The van der Waals surface area contributed by atoms with Gasteiger partial charge in [0.25, 0.3) is 5.91 Å². The fraction of sp³-hybridized carbons (Fsp3) is 0.667. The van der Waals surface area contributed by atoms with Crippen molar-refractivity contribution in [3.05, 3.63) is 35.4 Å². The minimum absolute atomic E-state index is 0. The fourth-order valence-corrected chi connectivity index (χ4v) is 5.24. The van der Waals surface area contributed by atoms with E-state index in [0.717, 1.165) is 63.6 Å². The molecule has 1 N–H and O–H groups in total. The molecule has 1 aromatic carbocycles. The number of nitrogens with one attached hydrogen (secondary N) is 1. The Morgan fingerprint density at radius 3 is 2.38 bits per heavy atom. The highest BCUT2D eigenvalue weighted by molar-refractivity contribution is 5.98. The Bertz CT molecular complexity index is 796. The Morgan fingerprint density at radius 2 is 1.75 bits per heavy atom. The molecule has 1 saturated heterocycles. The molecule has 1 aliphatic carbocycles. The standard InChI is InChI=1S/C27H40N2O3.H2/c1-4-9-24(30)29-16-14-20(15-17-29)22-12-8-13-23(18-22)27(32)28-25(26(31)19(2)3)21-10-6-5-7-11-21;/h8,12-13,18-21,25H,4-7,9-11,14-17H2,1-3H3,(H,28,32);1H/t25-;/m1./s1. The lowest BCUT2D eigenvalue weighted by Gasteiger charge is -2.32. The number of Topliss-reactive ketones (excluding diaryl/α,β-unsaturated/α-hetero) is 1. The lowest BCUT2D eigenvalue weighted by molar-refractivity contribution is -0.132. The summed E-state index contributed by atoms with van der Waals surface area (Å²) in [4.78, 5) is 40.2. The van der Waals surface area contributed by atoms with Crippen molar-refractivity contribution in [3.8, 4) is 0 Å². The lowest BCUT2D eigenvalue weighted by Crippen LogP contribution is -2.48. The van der Waals surface area contributed by atoms with Gasteiger partial charge in [0.05, 0.1) is 6.04 Å². The van der Waals surface area contributed by atoms with Gasteiger partial charge in [-0.2, -0.15) is 0 Å². The average Bonchev–Trinajstić information content (AvgIpc) is 2.82. The van der Waals surface area contributed by atoms with Crippen molar-refractivity contribution in [3.63, 3.8) is 0 Å². The van der Waals surface area contributed by atoms with Gasteiger partial charge in [0, 0.05) is 32.4 Å². The first-order valence-electron chi connectivity index (χ1n) is 12.6. The number of amides is 2. The molecule has 1 aliphatic heterocycles. The molecule has 32 heavy (non-hydrogen) atoms. The molecule has 2 aliphatic rings.